The van der Waals surface area contributed by atoms with Gasteiger partial charge in [-0.3, -0.25) is 0 Å². The second-order valence-corrected chi connectivity index (χ2v) is 4.50. The van der Waals surface area contributed by atoms with E-state index in [1.165, 1.54) is 5.69 Å². The Balaban J connectivity index is 1.89. The van der Waals surface area contributed by atoms with Crippen LogP contribution < -0.4 is 10.6 Å². The minimum Gasteiger partial charge on any atom is -0.398 e. The first-order chi connectivity index (χ1) is 8.24. The van der Waals surface area contributed by atoms with Crippen LogP contribution in [-0.4, -0.2) is 16.1 Å². The zero-order chi connectivity index (χ0) is 11.8. The number of nitrogen functional groups attached to an aromatic ring is 1. The van der Waals surface area contributed by atoms with Gasteiger partial charge in [-0.05, 0) is 24.6 Å². The minimum atomic E-state index is 0.857. The molecule has 1 aliphatic rings. The van der Waals surface area contributed by atoms with E-state index in [0.29, 0.717) is 0 Å². The predicted octanol–water partition coefficient (Wildman–Crippen LogP) is 1.79. The van der Waals surface area contributed by atoms with Gasteiger partial charge in [-0.25, -0.2) is 4.98 Å². The first kappa shape index (κ1) is 10.2. The summed E-state index contributed by atoms with van der Waals surface area (Å²) in [5, 5.41) is 0. The van der Waals surface area contributed by atoms with E-state index in [2.05, 4.69) is 26.6 Å². The maximum Gasteiger partial charge on any atom is 0.128 e. The summed E-state index contributed by atoms with van der Waals surface area (Å²) in [5.74, 6) is 1.12. The van der Waals surface area contributed by atoms with Crippen molar-refractivity contribution in [1.29, 1.82) is 0 Å². The minimum absolute atomic E-state index is 0.857. The van der Waals surface area contributed by atoms with E-state index < -0.39 is 0 Å². The van der Waals surface area contributed by atoms with E-state index in [9.17, 15) is 0 Å². The van der Waals surface area contributed by atoms with Gasteiger partial charge in [0, 0.05) is 36.9 Å². The number of nitrogens with two attached hydrogens (primary N) is 1. The number of anilines is 2. The predicted molar refractivity (Wildman–Crippen MR) is 68.9 cm³/mol. The molecule has 4 nitrogen and oxygen atoms in total. The Morgan fingerprint density at radius 2 is 2.18 bits per heavy atom. The van der Waals surface area contributed by atoms with E-state index in [1.54, 1.807) is 0 Å². The van der Waals surface area contributed by atoms with E-state index in [1.807, 2.05) is 25.4 Å². The summed E-state index contributed by atoms with van der Waals surface area (Å²) in [6.07, 6.45) is 3.90. The van der Waals surface area contributed by atoms with Crippen LogP contribution in [0.15, 0.2) is 30.6 Å². The van der Waals surface area contributed by atoms with E-state index in [-0.39, 0.29) is 0 Å². The van der Waals surface area contributed by atoms with Gasteiger partial charge in [0.25, 0.3) is 0 Å². The zero-order valence-electron chi connectivity index (χ0n) is 9.93. The van der Waals surface area contributed by atoms with Crippen molar-refractivity contribution in [1.82, 2.24) is 9.55 Å². The van der Waals surface area contributed by atoms with E-state index in [4.69, 9.17) is 5.73 Å². The van der Waals surface area contributed by atoms with Gasteiger partial charge in [0.05, 0.1) is 6.54 Å². The molecule has 0 saturated heterocycles. The number of hydrogen-bond acceptors (Lipinski definition) is 3. The molecule has 2 heterocycles. The van der Waals surface area contributed by atoms with Crippen LogP contribution in [0.2, 0.25) is 0 Å². The lowest BCUT2D eigenvalue weighted by Gasteiger charge is -2.29. The van der Waals surface area contributed by atoms with Crippen LogP contribution in [0.3, 0.4) is 0 Å². The Morgan fingerprint density at radius 1 is 1.29 bits per heavy atom. The molecule has 0 fully saturated rings. The zero-order valence-corrected chi connectivity index (χ0v) is 9.93. The lowest BCUT2D eigenvalue weighted by Crippen LogP contribution is -2.33. The fourth-order valence-electron chi connectivity index (χ4n) is 2.22. The highest BCUT2D eigenvalue weighted by Crippen LogP contribution is 2.24. The lowest BCUT2D eigenvalue weighted by molar-refractivity contribution is 0.560. The van der Waals surface area contributed by atoms with Gasteiger partial charge in [0.15, 0.2) is 0 Å². The third-order valence-electron chi connectivity index (χ3n) is 3.37. The molecule has 2 aromatic rings. The monoisotopic (exact) mass is 228 g/mol. The molecule has 0 amide bonds. The molecule has 1 aromatic heterocycles. The Morgan fingerprint density at radius 3 is 3.00 bits per heavy atom. The third kappa shape index (κ3) is 1.75. The Kier molecular flexibility index (Phi) is 2.28. The van der Waals surface area contributed by atoms with Crippen molar-refractivity contribution in [3.63, 3.8) is 0 Å². The number of benzene rings is 1. The van der Waals surface area contributed by atoms with Crippen LogP contribution in [0.5, 0.6) is 0 Å². The SMILES string of the molecule is Cc1ccc(N2CCn3ccnc3C2)cc1N. The molecule has 3 rings (SSSR count). The van der Waals surface area contributed by atoms with Crippen molar-refractivity contribution in [2.24, 2.45) is 0 Å². The highest BCUT2D eigenvalue weighted by Gasteiger charge is 2.16. The largest absolute Gasteiger partial charge is 0.398 e. The number of hydrogen-bond donors (Lipinski definition) is 1. The van der Waals surface area contributed by atoms with Crippen LogP contribution in [0.25, 0.3) is 0 Å². The van der Waals surface area contributed by atoms with Crippen LogP contribution in [0, 0.1) is 6.92 Å². The van der Waals surface area contributed by atoms with Crippen molar-refractivity contribution >= 4 is 11.4 Å². The number of imidazole rings is 1. The van der Waals surface area contributed by atoms with Gasteiger partial charge in [-0.1, -0.05) is 6.07 Å². The first-order valence-electron chi connectivity index (χ1n) is 5.85. The van der Waals surface area contributed by atoms with Gasteiger partial charge in [0.2, 0.25) is 0 Å². The highest BCUT2D eigenvalue weighted by atomic mass is 15.2. The first-order valence-corrected chi connectivity index (χ1v) is 5.85. The van der Waals surface area contributed by atoms with Crippen LogP contribution in [-0.2, 0) is 13.1 Å². The van der Waals surface area contributed by atoms with Crippen molar-refractivity contribution in [2.75, 3.05) is 17.2 Å². The number of rotatable bonds is 1. The summed E-state index contributed by atoms with van der Waals surface area (Å²) in [5.41, 5.74) is 9.13. The summed E-state index contributed by atoms with van der Waals surface area (Å²) in [6.45, 7) is 4.88. The maximum absolute atomic E-state index is 5.95. The smallest absolute Gasteiger partial charge is 0.128 e. The summed E-state index contributed by atoms with van der Waals surface area (Å²) < 4.78 is 2.20. The van der Waals surface area contributed by atoms with Gasteiger partial charge in [-0.15, -0.1) is 0 Å². The van der Waals surface area contributed by atoms with Gasteiger partial charge in [0.1, 0.15) is 5.82 Å². The maximum atomic E-state index is 5.95. The Labute approximate surface area is 101 Å². The molecule has 0 saturated carbocycles. The molecular formula is C13H16N4. The van der Waals surface area contributed by atoms with Gasteiger partial charge in [-0.2, -0.15) is 0 Å². The van der Waals surface area contributed by atoms with Crippen LogP contribution in [0.4, 0.5) is 11.4 Å². The van der Waals surface area contributed by atoms with Gasteiger partial charge >= 0.3 is 0 Å². The number of nitrogens with zero attached hydrogens (tertiary/aromatic N) is 3. The van der Waals surface area contributed by atoms with E-state index >= 15 is 0 Å². The van der Waals surface area contributed by atoms with Crippen molar-refractivity contribution in [3.05, 3.63) is 42.0 Å². The summed E-state index contributed by atoms with van der Waals surface area (Å²) in [4.78, 5) is 6.68. The molecule has 4 heteroatoms. The third-order valence-corrected chi connectivity index (χ3v) is 3.37. The normalized spacial score (nSPS) is 14.8. The summed E-state index contributed by atoms with van der Waals surface area (Å²) in [6, 6.07) is 6.25. The van der Waals surface area contributed by atoms with Crippen molar-refractivity contribution in [2.45, 2.75) is 20.0 Å². The molecule has 1 aliphatic heterocycles. The van der Waals surface area contributed by atoms with Crippen molar-refractivity contribution < 1.29 is 0 Å². The number of fused-ring (bicyclic) bond motifs is 1. The Hall–Kier alpha value is -1.97. The quantitative estimate of drug-likeness (QED) is 0.757. The van der Waals surface area contributed by atoms with Crippen LogP contribution >= 0.6 is 0 Å². The Bertz CT molecular complexity index is 544. The fraction of sp³-hybridized carbons (Fsp3) is 0.308. The second-order valence-electron chi connectivity index (χ2n) is 4.50. The molecule has 0 atom stereocenters. The van der Waals surface area contributed by atoms with E-state index in [0.717, 1.165) is 36.7 Å². The topological polar surface area (TPSA) is 47.1 Å². The number of aryl methyl sites for hydroxylation is 1. The molecular weight excluding hydrogens is 212 g/mol. The van der Waals surface area contributed by atoms with Gasteiger partial charge < -0.3 is 15.2 Å². The van der Waals surface area contributed by atoms with Crippen LogP contribution in [0.1, 0.15) is 11.4 Å². The molecule has 0 aliphatic carbocycles. The number of aromatic nitrogens is 2. The molecule has 0 spiro atoms. The summed E-state index contributed by atoms with van der Waals surface area (Å²) in [7, 11) is 0. The summed E-state index contributed by atoms with van der Waals surface area (Å²) >= 11 is 0. The lowest BCUT2D eigenvalue weighted by atomic mass is 10.1. The average Bonchev–Trinajstić information content (AvgIpc) is 2.79. The fourth-order valence-corrected chi connectivity index (χ4v) is 2.22. The molecule has 17 heavy (non-hydrogen) atoms. The highest BCUT2D eigenvalue weighted by molar-refractivity contribution is 5.59. The van der Waals surface area contributed by atoms with Crippen molar-refractivity contribution in [3.8, 4) is 0 Å². The standard InChI is InChI=1S/C13H16N4/c1-10-2-3-11(8-12(10)14)17-7-6-16-5-4-15-13(16)9-17/h2-5,8H,6-7,9,14H2,1H3. The molecule has 0 unspecified atom stereocenters. The molecule has 88 valence electrons. The average molecular weight is 228 g/mol. The molecule has 0 bridgehead atoms. The second kappa shape index (κ2) is 3.80. The molecule has 2 N–H and O–H groups in total. The molecule has 0 radical (unpaired) electrons. The molecule has 1 aromatic carbocycles.